The molecule has 0 spiro atoms. The average Bonchev–Trinajstić information content (AvgIpc) is 3.74. The molecule has 8 rings (SSSR count). The van der Waals surface area contributed by atoms with Crippen molar-refractivity contribution in [1.29, 1.82) is 0 Å². The van der Waals surface area contributed by atoms with Gasteiger partial charge in [0.1, 0.15) is 19.4 Å². The summed E-state index contributed by atoms with van der Waals surface area (Å²) in [6.45, 7) is 20.6. The molecule has 8 aliphatic rings. The molecule has 49 heavy (non-hydrogen) atoms. The maximum atomic E-state index is 15.8. The highest BCUT2D eigenvalue weighted by atomic mass is 16.7. The molecule has 2 heterocycles. The Labute approximate surface area is 294 Å². The van der Waals surface area contributed by atoms with Crippen molar-refractivity contribution in [3.05, 3.63) is 11.1 Å². The van der Waals surface area contributed by atoms with Crippen molar-refractivity contribution < 1.29 is 33.3 Å². The highest BCUT2D eigenvalue weighted by Gasteiger charge is 2.74. The molecule has 0 amide bonds. The van der Waals surface area contributed by atoms with Gasteiger partial charge in [-0.15, -0.1) is 0 Å². The van der Waals surface area contributed by atoms with E-state index in [2.05, 4.69) is 48.5 Å². The molecule has 7 nitrogen and oxygen atoms in total. The Bertz CT molecular complexity index is 1440. The molecule has 5 saturated carbocycles. The molecule has 0 N–H and O–H groups in total. The molecule has 7 fully saturated rings. The van der Waals surface area contributed by atoms with Gasteiger partial charge >= 0.3 is 0 Å². The molecule has 2 saturated heterocycles. The maximum absolute atomic E-state index is 15.8. The third-order valence-corrected chi connectivity index (χ3v) is 18.0. The van der Waals surface area contributed by atoms with Crippen LogP contribution in [-0.2, 0) is 33.3 Å². The van der Waals surface area contributed by atoms with Crippen LogP contribution in [0.3, 0.4) is 0 Å². The quantitative estimate of drug-likeness (QED) is 0.284. The number of fused-ring (bicyclic) bond motifs is 5. The van der Waals surface area contributed by atoms with Crippen molar-refractivity contribution in [3.63, 3.8) is 0 Å². The first-order valence-corrected chi connectivity index (χ1v) is 19.9. The number of carbonyl (C=O) groups is 3. The largest absolute Gasteiger partial charge is 0.349 e. The first-order chi connectivity index (χ1) is 23.2. The lowest BCUT2D eigenvalue weighted by Gasteiger charge is -2.72. The Hall–Kier alpha value is -1.41. The third-order valence-electron chi connectivity index (χ3n) is 18.0. The maximum Gasteiger partial charge on any atom is 0.173 e. The molecule has 0 bridgehead atoms. The van der Waals surface area contributed by atoms with E-state index < -0.39 is 5.41 Å². The number of carbonyl (C=O) groups excluding carboxylic acids is 3. The Morgan fingerprint density at radius 1 is 0.776 bits per heavy atom. The van der Waals surface area contributed by atoms with Gasteiger partial charge in [-0.2, -0.15) is 0 Å². The third kappa shape index (κ3) is 4.49. The van der Waals surface area contributed by atoms with E-state index in [1.165, 1.54) is 6.92 Å². The van der Waals surface area contributed by atoms with Gasteiger partial charge in [-0.05, 0) is 123 Å². The van der Waals surface area contributed by atoms with E-state index in [0.29, 0.717) is 54.5 Å². The van der Waals surface area contributed by atoms with Crippen molar-refractivity contribution in [2.24, 2.45) is 81.3 Å². The Morgan fingerprint density at radius 2 is 1.47 bits per heavy atom. The van der Waals surface area contributed by atoms with Crippen LogP contribution in [0.25, 0.3) is 0 Å². The second-order valence-electron chi connectivity index (χ2n) is 19.1. The molecule has 0 aromatic heterocycles. The zero-order valence-corrected chi connectivity index (χ0v) is 31.6. The monoisotopic (exact) mass is 678 g/mol. The minimum absolute atomic E-state index is 0.0233. The Balaban J connectivity index is 1.23. The summed E-state index contributed by atoms with van der Waals surface area (Å²) in [7, 11) is 0. The van der Waals surface area contributed by atoms with Crippen LogP contribution in [0.2, 0.25) is 0 Å². The van der Waals surface area contributed by atoms with Gasteiger partial charge in [-0.25, -0.2) is 0 Å². The fraction of sp³-hybridized carbons (Fsp3) is 0.881. The Morgan fingerprint density at radius 3 is 2.20 bits per heavy atom. The summed E-state index contributed by atoms with van der Waals surface area (Å²) in [6.07, 6.45) is 9.06. The summed E-state index contributed by atoms with van der Waals surface area (Å²) in [5.41, 5.74) is -0.102. The summed E-state index contributed by atoms with van der Waals surface area (Å²) < 4.78 is 24.6. The lowest BCUT2D eigenvalue weighted by atomic mass is 9.30. The predicted octanol–water partition coefficient (Wildman–Crippen LogP) is 7.59. The van der Waals surface area contributed by atoms with Gasteiger partial charge in [0.2, 0.25) is 0 Å². The van der Waals surface area contributed by atoms with Crippen molar-refractivity contribution in [3.8, 4) is 0 Å². The zero-order valence-electron chi connectivity index (χ0n) is 31.6. The van der Waals surface area contributed by atoms with Gasteiger partial charge in [0, 0.05) is 17.3 Å². The van der Waals surface area contributed by atoms with Crippen LogP contribution in [-0.4, -0.2) is 55.4 Å². The lowest BCUT2D eigenvalue weighted by Crippen LogP contribution is -2.72. The Kier molecular flexibility index (Phi) is 8.35. The lowest BCUT2D eigenvalue weighted by molar-refractivity contribution is -0.233. The number of ether oxygens (including phenoxy) is 4. The van der Waals surface area contributed by atoms with Crippen molar-refractivity contribution in [2.45, 2.75) is 138 Å². The predicted molar refractivity (Wildman–Crippen MR) is 185 cm³/mol. The fourth-order valence-electron chi connectivity index (χ4n) is 15.1. The molecule has 0 aromatic rings. The normalized spacial score (nSPS) is 55.7. The van der Waals surface area contributed by atoms with Gasteiger partial charge in [0.05, 0.1) is 30.0 Å². The first kappa shape index (κ1) is 34.7. The van der Waals surface area contributed by atoms with Crippen molar-refractivity contribution in [2.75, 3.05) is 13.6 Å². The van der Waals surface area contributed by atoms with Crippen molar-refractivity contribution in [1.82, 2.24) is 0 Å². The van der Waals surface area contributed by atoms with Crippen LogP contribution in [0.15, 0.2) is 11.1 Å². The van der Waals surface area contributed by atoms with Crippen LogP contribution >= 0.6 is 0 Å². The van der Waals surface area contributed by atoms with Crippen LogP contribution < -0.4 is 0 Å². The molecule has 2 aliphatic heterocycles. The summed E-state index contributed by atoms with van der Waals surface area (Å²) in [6, 6.07) is 0. The summed E-state index contributed by atoms with van der Waals surface area (Å²) in [5, 5.41) is 0. The van der Waals surface area contributed by atoms with E-state index in [4.69, 9.17) is 18.9 Å². The molecule has 0 radical (unpaired) electrons. The SMILES string of the molecule is CC(=O)C1=C(C)CC2(C)C(C)C3(C)C(C)C4C(C5CCC6OCOC6C5)CC(C5CCCC6OCOC65)C(C)C4C(=O)C3C(C)C2(C)C1=O. The van der Waals surface area contributed by atoms with Gasteiger partial charge < -0.3 is 18.9 Å². The first-order valence-electron chi connectivity index (χ1n) is 19.9. The van der Waals surface area contributed by atoms with Crippen LogP contribution in [0.4, 0.5) is 0 Å². The summed E-state index contributed by atoms with van der Waals surface area (Å²) in [5.74, 6) is 2.46. The van der Waals surface area contributed by atoms with E-state index in [9.17, 15) is 9.59 Å². The van der Waals surface area contributed by atoms with E-state index in [1.54, 1.807) is 0 Å². The fourth-order valence-corrected chi connectivity index (χ4v) is 15.1. The van der Waals surface area contributed by atoms with E-state index in [1.807, 2.05) is 6.92 Å². The molecular formula is C42H62O7. The van der Waals surface area contributed by atoms with Gasteiger partial charge in [-0.1, -0.05) is 60.5 Å². The number of rotatable bonds is 3. The molecular weight excluding hydrogens is 616 g/mol. The molecule has 0 aromatic carbocycles. The molecule has 18 unspecified atom stereocenters. The number of Topliss-reactive ketones (excluding diaryl/α,β-unsaturated/α-hetero) is 3. The second kappa shape index (κ2) is 11.8. The number of hydrogen-bond acceptors (Lipinski definition) is 7. The molecule has 18 atom stereocenters. The van der Waals surface area contributed by atoms with E-state index in [-0.39, 0.29) is 82.3 Å². The molecule has 272 valence electrons. The standard InChI is InChI=1S/C42H62O7/c1-20-17-40(7)25(6)41(8)22(3)35-29(26-13-14-30-32(15-26)48-18-46-30)16-28(27-11-10-12-31-38(27)49-19-47-31)21(2)34(35)37(44)36(41)23(4)42(40,9)39(45)33(20)24(5)43/h21-23,25-32,34-36,38H,10-19H2,1-9H3. The zero-order chi connectivity index (χ0) is 34.9. The van der Waals surface area contributed by atoms with Crippen LogP contribution in [0.5, 0.6) is 0 Å². The van der Waals surface area contributed by atoms with E-state index >= 15 is 4.79 Å². The minimum Gasteiger partial charge on any atom is -0.349 e. The van der Waals surface area contributed by atoms with Gasteiger partial charge in [0.25, 0.3) is 0 Å². The average molecular weight is 679 g/mol. The number of hydrogen-bond donors (Lipinski definition) is 0. The number of allylic oxidation sites excluding steroid dienone is 2. The van der Waals surface area contributed by atoms with Gasteiger partial charge in [-0.3, -0.25) is 14.4 Å². The van der Waals surface area contributed by atoms with Gasteiger partial charge in [0.15, 0.2) is 11.6 Å². The van der Waals surface area contributed by atoms with Crippen LogP contribution in [0, 0.1) is 81.3 Å². The highest BCUT2D eigenvalue weighted by molar-refractivity contribution is 6.22. The topological polar surface area (TPSA) is 88.1 Å². The molecule has 6 aliphatic carbocycles. The second-order valence-corrected chi connectivity index (χ2v) is 19.1. The summed E-state index contributed by atoms with van der Waals surface area (Å²) in [4.78, 5) is 43.4. The van der Waals surface area contributed by atoms with E-state index in [0.717, 1.165) is 56.9 Å². The highest BCUT2D eigenvalue weighted by Crippen LogP contribution is 2.75. The van der Waals surface area contributed by atoms with Crippen LogP contribution in [0.1, 0.15) is 114 Å². The number of ketones is 3. The minimum atomic E-state index is -0.792. The summed E-state index contributed by atoms with van der Waals surface area (Å²) >= 11 is 0. The smallest absolute Gasteiger partial charge is 0.173 e. The molecule has 7 heteroatoms. The van der Waals surface area contributed by atoms with Crippen molar-refractivity contribution >= 4 is 17.3 Å².